The van der Waals surface area contributed by atoms with E-state index >= 15 is 0 Å². The second-order valence-corrected chi connectivity index (χ2v) is 9.27. The van der Waals surface area contributed by atoms with E-state index in [2.05, 4.69) is 29.5 Å². The molecule has 5 nitrogen and oxygen atoms in total. The molecule has 0 aliphatic heterocycles. The van der Waals surface area contributed by atoms with E-state index in [1.807, 2.05) is 6.92 Å². The Hall–Kier alpha value is -0.0500. The summed E-state index contributed by atoms with van der Waals surface area (Å²) in [5.41, 5.74) is 0. The zero-order chi connectivity index (χ0) is 17.2. The molecule has 0 heterocycles. The molecule has 1 atom stereocenters. The number of nitrogens with zero attached hydrogens (tertiary/aromatic N) is 1. The highest BCUT2D eigenvalue weighted by molar-refractivity contribution is 14.0. The first-order valence-corrected chi connectivity index (χ1v) is 10.3. The van der Waals surface area contributed by atoms with Gasteiger partial charge in [0.2, 0.25) is 0 Å². The van der Waals surface area contributed by atoms with Crippen LogP contribution in [0.15, 0.2) is 4.99 Å². The number of sulfone groups is 1. The predicted molar refractivity (Wildman–Crippen MR) is 112 cm³/mol. The van der Waals surface area contributed by atoms with Crippen LogP contribution in [0, 0.1) is 0 Å². The van der Waals surface area contributed by atoms with E-state index in [1.165, 1.54) is 31.9 Å². The van der Waals surface area contributed by atoms with Crippen molar-refractivity contribution in [3.63, 3.8) is 0 Å². The van der Waals surface area contributed by atoms with Crippen molar-refractivity contribution in [1.82, 2.24) is 10.6 Å². The molecule has 0 bridgehead atoms. The van der Waals surface area contributed by atoms with Crippen LogP contribution in [0.2, 0.25) is 0 Å². The maximum atomic E-state index is 11.7. The van der Waals surface area contributed by atoms with Gasteiger partial charge in [0, 0.05) is 18.8 Å². The van der Waals surface area contributed by atoms with Gasteiger partial charge in [-0.3, -0.25) is 4.99 Å². The number of nitrogens with one attached hydrogen (secondary N) is 2. The number of unbranched alkanes of at least 4 members (excludes halogenated alkanes) is 3. The summed E-state index contributed by atoms with van der Waals surface area (Å²) >= 11 is 0. The molecule has 0 aromatic carbocycles. The summed E-state index contributed by atoms with van der Waals surface area (Å²) in [6.07, 6.45) is 7.35. The molecule has 23 heavy (non-hydrogen) atoms. The van der Waals surface area contributed by atoms with Gasteiger partial charge in [-0.15, -0.1) is 24.0 Å². The molecule has 0 saturated heterocycles. The van der Waals surface area contributed by atoms with Gasteiger partial charge in [-0.2, -0.15) is 0 Å². The first-order chi connectivity index (χ1) is 10.1. The molecule has 0 amide bonds. The summed E-state index contributed by atoms with van der Waals surface area (Å²) < 4.78 is 22.6. The number of rotatable bonds is 10. The first kappa shape index (κ1) is 25.2. The summed E-state index contributed by atoms with van der Waals surface area (Å²) in [5, 5.41) is 6.55. The van der Waals surface area contributed by atoms with E-state index in [-0.39, 0.29) is 30.5 Å². The van der Waals surface area contributed by atoms with Crippen LogP contribution < -0.4 is 10.6 Å². The molecular formula is C16H36IN3O2S. The third-order valence-corrected chi connectivity index (χ3v) is 5.98. The molecule has 0 aliphatic carbocycles. The van der Waals surface area contributed by atoms with Crippen molar-refractivity contribution in [3.05, 3.63) is 0 Å². The zero-order valence-electron chi connectivity index (χ0n) is 15.6. The number of guanidine groups is 1. The Morgan fingerprint density at radius 1 is 1.17 bits per heavy atom. The Kier molecular flexibility index (Phi) is 13.5. The normalized spacial score (nSPS) is 14.1. The van der Waals surface area contributed by atoms with E-state index in [9.17, 15) is 8.42 Å². The minimum absolute atomic E-state index is 0. The van der Waals surface area contributed by atoms with Crippen molar-refractivity contribution in [2.75, 3.05) is 19.3 Å². The van der Waals surface area contributed by atoms with Crippen molar-refractivity contribution in [2.24, 2.45) is 4.99 Å². The van der Waals surface area contributed by atoms with Crippen LogP contribution in [0.4, 0.5) is 0 Å². The van der Waals surface area contributed by atoms with Gasteiger partial charge in [0.15, 0.2) is 15.8 Å². The molecular weight excluding hydrogens is 425 g/mol. The fourth-order valence-electron chi connectivity index (χ4n) is 1.89. The molecule has 1 unspecified atom stereocenters. The smallest absolute Gasteiger partial charge is 0.191 e. The number of hydrogen-bond acceptors (Lipinski definition) is 3. The van der Waals surface area contributed by atoms with Crippen molar-refractivity contribution < 1.29 is 8.42 Å². The SMILES string of the molecule is CCCCCCC(C)NC(=NCC(C)(C)S(C)(=O)=O)NCC.I. The van der Waals surface area contributed by atoms with Gasteiger partial charge < -0.3 is 10.6 Å². The first-order valence-electron chi connectivity index (χ1n) is 8.38. The molecule has 0 aromatic heterocycles. The highest BCUT2D eigenvalue weighted by Gasteiger charge is 2.30. The minimum Gasteiger partial charge on any atom is -0.357 e. The fraction of sp³-hybridized carbons (Fsp3) is 0.938. The summed E-state index contributed by atoms with van der Waals surface area (Å²) in [5.74, 6) is 0.696. The van der Waals surface area contributed by atoms with Crippen LogP contribution in [0.25, 0.3) is 0 Å². The average molecular weight is 461 g/mol. The van der Waals surface area contributed by atoms with E-state index in [4.69, 9.17) is 0 Å². The fourth-order valence-corrected chi connectivity index (χ4v) is 2.19. The Morgan fingerprint density at radius 3 is 2.26 bits per heavy atom. The van der Waals surface area contributed by atoms with Gasteiger partial charge in [-0.05, 0) is 34.1 Å². The van der Waals surface area contributed by atoms with E-state index in [0.717, 1.165) is 13.0 Å². The Balaban J connectivity index is 0. The van der Waals surface area contributed by atoms with Gasteiger partial charge in [0.25, 0.3) is 0 Å². The maximum absolute atomic E-state index is 11.7. The van der Waals surface area contributed by atoms with Crippen LogP contribution in [0.1, 0.15) is 66.7 Å². The van der Waals surface area contributed by atoms with Crippen molar-refractivity contribution in [2.45, 2.75) is 77.5 Å². The second kappa shape index (κ2) is 12.3. The zero-order valence-corrected chi connectivity index (χ0v) is 18.8. The third kappa shape index (κ3) is 11.2. The molecule has 2 N–H and O–H groups in total. The van der Waals surface area contributed by atoms with Crippen LogP contribution in [0.5, 0.6) is 0 Å². The van der Waals surface area contributed by atoms with E-state index < -0.39 is 14.6 Å². The molecule has 0 radical (unpaired) electrons. The van der Waals surface area contributed by atoms with Crippen LogP contribution in [-0.2, 0) is 9.84 Å². The predicted octanol–water partition coefficient (Wildman–Crippen LogP) is 3.34. The molecule has 0 aliphatic rings. The lowest BCUT2D eigenvalue weighted by molar-refractivity contribution is 0.533. The molecule has 140 valence electrons. The van der Waals surface area contributed by atoms with Gasteiger partial charge in [-0.1, -0.05) is 32.6 Å². The molecule has 0 rings (SSSR count). The van der Waals surface area contributed by atoms with E-state index in [1.54, 1.807) is 13.8 Å². The van der Waals surface area contributed by atoms with Gasteiger partial charge >= 0.3 is 0 Å². The summed E-state index contributed by atoms with van der Waals surface area (Å²) in [6, 6.07) is 0.330. The number of hydrogen-bond donors (Lipinski definition) is 2. The van der Waals surface area contributed by atoms with Crippen LogP contribution >= 0.6 is 24.0 Å². The lowest BCUT2D eigenvalue weighted by atomic mass is 10.1. The van der Waals surface area contributed by atoms with Gasteiger partial charge in [0.1, 0.15) is 0 Å². The Labute approximate surface area is 160 Å². The average Bonchev–Trinajstić information content (AvgIpc) is 2.40. The standard InChI is InChI=1S/C16H35N3O2S.HI/c1-7-9-10-11-12-14(3)19-15(17-8-2)18-13-16(4,5)22(6,20)21;/h14H,7-13H2,1-6H3,(H2,17,18,19);1H. The van der Waals surface area contributed by atoms with Crippen molar-refractivity contribution in [3.8, 4) is 0 Å². The number of halogens is 1. The maximum Gasteiger partial charge on any atom is 0.191 e. The Bertz CT molecular complexity index is 437. The van der Waals surface area contributed by atoms with Gasteiger partial charge in [0.05, 0.1) is 11.3 Å². The highest BCUT2D eigenvalue weighted by Crippen LogP contribution is 2.15. The lowest BCUT2D eigenvalue weighted by Gasteiger charge is -2.22. The van der Waals surface area contributed by atoms with Crippen LogP contribution in [0.3, 0.4) is 0 Å². The third-order valence-electron chi connectivity index (χ3n) is 3.84. The lowest BCUT2D eigenvalue weighted by Crippen LogP contribution is -2.44. The molecule has 0 spiro atoms. The molecule has 0 aromatic rings. The molecule has 0 saturated carbocycles. The Morgan fingerprint density at radius 2 is 1.78 bits per heavy atom. The quantitative estimate of drug-likeness (QED) is 0.227. The topological polar surface area (TPSA) is 70.6 Å². The van der Waals surface area contributed by atoms with E-state index in [0.29, 0.717) is 12.0 Å². The number of aliphatic imine (C=N–C) groups is 1. The second-order valence-electron chi connectivity index (χ2n) is 6.62. The van der Waals surface area contributed by atoms with Crippen molar-refractivity contribution >= 4 is 39.8 Å². The monoisotopic (exact) mass is 461 g/mol. The van der Waals surface area contributed by atoms with Gasteiger partial charge in [-0.25, -0.2) is 8.42 Å². The van der Waals surface area contributed by atoms with Crippen LogP contribution in [-0.4, -0.2) is 44.5 Å². The minimum atomic E-state index is -3.12. The summed E-state index contributed by atoms with van der Waals surface area (Å²) in [7, 11) is -3.12. The summed E-state index contributed by atoms with van der Waals surface area (Å²) in [6.45, 7) is 10.8. The van der Waals surface area contributed by atoms with Crippen molar-refractivity contribution in [1.29, 1.82) is 0 Å². The molecule has 7 heteroatoms. The molecule has 0 fully saturated rings. The highest BCUT2D eigenvalue weighted by atomic mass is 127. The largest absolute Gasteiger partial charge is 0.357 e. The summed E-state index contributed by atoms with van der Waals surface area (Å²) in [4.78, 5) is 4.45.